The molecule has 2 aromatic carbocycles. The molecule has 33 heavy (non-hydrogen) atoms. The molecule has 0 aliphatic heterocycles. The van der Waals surface area contributed by atoms with E-state index in [0.29, 0.717) is 0 Å². The maximum absolute atomic E-state index is 14.1. The van der Waals surface area contributed by atoms with Crippen LogP contribution in [0.25, 0.3) is 5.76 Å². The van der Waals surface area contributed by atoms with E-state index in [1.807, 2.05) is 13.8 Å². The van der Waals surface area contributed by atoms with E-state index in [9.17, 15) is 24.3 Å². The van der Waals surface area contributed by atoms with Crippen molar-refractivity contribution in [3.8, 4) is 0 Å². The van der Waals surface area contributed by atoms with Crippen LogP contribution < -0.4 is 0 Å². The molecule has 0 saturated carbocycles. The lowest BCUT2D eigenvalue weighted by Crippen LogP contribution is -2.45. The van der Waals surface area contributed by atoms with Gasteiger partial charge in [0.1, 0.15) is 11.2 Å². The van der Waals surface area contributed by atoms with Gasteiger partial charge in [-0.1, -0.05) is 60.2 Å². The van der Waals surface area contributed by atoms with E-state index in [-0.39, 0.29) is 39.8 Å². The first kappa shape index (κ1) is 22.1. The van der Waals surface area contributed by atoms with Gasteiger partial charge in [0, 0.05) is 27.8 Å². The number of carbonyl (C=O) groups is 4. The fraction of sp³-hybridized carbons (Fsp3) is 0.185. The third-order valence-electron chi connectivity index (χ3n) is 6.10. The Balaban J connectivity index is 2.11. The van der Waals surface area contributed by atoms with Gasteiger partial charge in [0.2, 0.25) is 0 Å². The Hall–Kier alpha value is -4.06. The summed E-state index contributed by atoms with van der Waals surface area (Å²) in [6.45, 7) is 3.63. The average Bonchev–Trinajstić information content (AvgIpc) is 2.82. The van der Waals surface area contributed by atoms with Gasteiger partial charge in [-0.25, -0.2) is 4.79 Å². The predicted octanol–water partition coefficient (Wildman–Crippen LogP) is 4.67. The van der Waals surface area contributed by atoms with Crippen molar-refractivity contribution in [2.75, 3.05) is 7.11 Å². The molecular formula is C27H22O6. The summed E-state index contributed by atoms with van der Waals surface area (Å²) in [6, 6.07) is 12.6. The van der Waals surface area contributed by atoms with Crippen LogP contribution in [0.15, 0.2) is 77.4 Å². The number of hydrogen-bond donors (Lipinski definition) is 1. The number of aliphatic hydroxyl groups excluding tert-OH is 1. The monoisotopic (exact) mass is 442 g/mol. The Bertz CT molecular complexity index is 1320. The number of methoxy groups -OCH3 is 1. The highest BCUT2D eigenvalue weighted by molar-refractivity contribution is 6.30. The van der Waals surface area contributed by atoms with Gasteiger partial charge in [-0.3, -0.25) is 14.4 Å². The minimum absolute atomic E-state index is 0.107. The van der Waals surface area contributed by atoms with Gasteiger partial charge in [0.05, 0.1) is 12.7 Å². The number of hydrogen-bond acceptors (Lipinski definition) is 6. The summed E-state index contributed by atoms with van der Waals surface area (Å²) >= 11 is 0. The highest BCUT2D eigenvalue weighted by Gasteiger charge is 2.56. The molecule has 1 atom stereocenters. The van der Waals surface area contributed by atoms with E-state index in [1.54, 1.807) is 30.3 Å². The Morgan fingerprint density at radius 2 is 1.52 bits per heavy atom. The number of ether oxygens (including phenoxy) is 1. The third kappa shape index (κ3) is 3.26. The first-order chi connectivity index (χ1) is 15.7. The lowest BCUT2D eigenvalue weighted by Gasteiger charge is -2.39. The quantitative estimate of drug-likeness (QED) is 0.546. The smallest absolute Gasteiger partial charge is 0.338 e. The molecule has 0 bridgehead atoms. The van der Waals surface area contributed by atoms with Crippen molar-refractivity contribution >= 4 is 29.1 Å². The van der Waals surface area contributed by atoms with Crippen molar-refractivity contribution in [2.45, 2.75) is 20.3 Å². The van der Waals surface area contributed by atoms with Crippen LogP contribution in [-0.4, -0.2) is 35.5 Å². The van der Waals surface area contributed by atoms with E-state index in [1.165, 1.54) is 24.3 Å². The minimum Gasteiger partial charge on any atom is -0.507 e. The van der Waals surface area contributed by atoms with Gasteiger partial charge in [-0.05, 0) is 26.3 Å². The third-order valence-corrected chi connectivity index (χ3v) is 6.10. The second-order valence-corrected chi connectivity index (χ2v) is 8.28. The molecule has 166 valence electrons. The van der Waals surface area contributed by atoms with Crippen molar-refractivity contribution in [1.29, 1.82) is 0 Å². The average molecular weight is 442 g/mol. The molecule has 0 radical (unpaired) electrons. The van der Waals surface area contributed by atoms with E-state index in [4.69, 9.17) is 4.74 Å². The molecule has 0 aromatic heterocycles. The number of esters is 1. The van der Waals surface area contributed by atoms with E-state index >= 15 is 0 Å². The van der Waals surface area contributed by atoms with Gasteiger partial charge < -0.3 is 9.84 Å². The van der Waals surface area contributed by atoms with Crippen LogP contribution in [0, 0.1) is 5.41 Å². The van der Waals surface area contributed by atoms with Crippen LogP contribution >= 0.6 is 0 Å². The van der Waals surface area contributed by atoms with E-state index < -0.39 is 34.5 Å². The number of Topliss-reactive ketones (excluding diaryl/α,β-unsaturated/α-hetero) is 2. The topological polar surface area (TPSA) is 97.7 Å². The van der Waals surface area contributed by atoms with Crippen LogP contribution in [0.3, 0.4) is 0 Å². The zero-order valence-corrected chi connectivity index (χ0v) is 18.5. The van der Waals surface area contributed by atoms with Crippen LogP contribution in [-0.2, 0) is 9.53 Å². The summed E-state index contributed by atoms with van der Waals surface area (Å²) < 4.78 is 4.95. The first-order valence-corrected chi connectivity index (χ1v) is 10.4. The number of fused-ring (bicyclic) bond motifs is 2. The van der Waals surface area contributed by atoms with Gasteiger partial charge in [-0.15, -0.1) is 0 Å². The largest absolute Gasteiger partial charge is 0.507 e. The molecule has 6 nitrogen and oxygen atoms in total. The summed E-state index contributed by atoms with van der Waals surface area (Å²) in [6.07, 6.45) is 2.72. The van der Waals surface area contributed by atoms with Crippen molar-refractivity contribution in [2.24, 2.45) is 5.41 Å². The van der Waals surface area contributed by atoms with Gasteiger partial charge in [-0.2, -0.15) is 0 Å². The number of carbonyl (C=O) groups excluding carboxylic acids is 4. The number of allylic oxidation sites excluding steroid dienone is 4. The SMILES string of the molecule is COC(=O)C1=C(O)c2ccccc2C(=O)[C@]1(CC=C(C)C)C1=CC(=O)c2ccccc2C1=O. The number of benzene rings is 2. The molecule has 2 aliphatic rings. The Labute approximate surface area is 190 Å². The van der Waals surface area contributed by atoms with Gasteiger partial charge >= 0.3 is 5.97 Å². The molecule has 2 aliphatic carbocycles. The van der Waals surface area contributed by atoms with Gasteiger partial charge in [0.15, 0.2) is 17.3 Å². The summed E-state index contributed by atoms with van der Waals surface area (Å²) in [4.78, 5) is 53.8. The molecule has 6 heteroatoms. The van der Waals surface area contributed by atoms with Crippen LogP contribution in [0.4, 0.5) is 0 Å². The zero-order chi connectivity index (χ0) is 23.9. The number of rotatable bonds is 4. The normalized spacial score (nSPS) is 19.5. The van der Waals surface area contributed by atoms with Crippen molar-refractivity contribution in [1.82, 2.24) is 0 Å². The fourth-order valence-electron chi connectivity index (χ4n) is 4.49. The highest BCUT2D eigenvalue weighted by Crippen LogP contribution is 2.51. The molecule has 0 unspecified atom stereocenters. The predicted molar refractivity (Wildman–Crippen MR) is 122 cm³/mol. The molecule has 4 rings (SSSR count). The maximum Gasteiger partial charge on any atom is 0.338 e. The standard InChI is InChI=1S/C27H22O6/c1-15(2)12-13-27(20-14-21(28)16-8-4-5-9-17(16)23(20)29)22(26(32)33-3)24(30)18-10-6-7-11-19(18)25(27)31/h4-12,14,30H,13H2,1-3H3/t27-/m1/s1. The first-order valence-electron chi connectivity index (χ1n) is 10.4. The Morgan fingerprint density at radius 1 is 0.939 bits per heavy atom. The van der Waals surface area contributed by atoms with Crippen LogP contribution in [0.5, 0.6) is 0 Å². The maximum atomic E-state index is 14.1. The lowest BCUT2D eigenvalue weighted by atomic mass is 9.60. The molecule has 2 aromatic rings. The summed E-state index contributed by atoms with van der Waals surface area (Å²) in [5.74, 6) is -2.95. The highest BCUT2D eigenvalue weighted by atomic mass is 16.5. The van der Waals surface area contributed by atoms with Gasteiger partial charge in [0.25, 0.3) is 0 Å². The molecular weight excluding hydrogens is 420 g/mol. The van der Waals surface area contributed by atoms with Crippen LogP contribution in [0.1, 0.15) is 56.9 Å². The van der Waals surface area contributed by atoms with E-state index in [0.717, 1.165) is 18.8 Å². The number of aliphatic hydroxyl groups is 1. The van der Waals surface area contributed by atoms with Crippen molar-refractivity contribution in [3.63, 3.8) is 0 Å². The van der Waals surface area contributed by atoms with Crippen molar-refractivity contribution in [3.05, 3.63) is 99.7 Å². The second-order valence-electron chi connectivity index (χ2n) is 8.28. The molecule has 0 heterocycles. The van der Waals surface area contributed by atoms with E-state index in [2.05, 4.69) is 0 Å². The lowest BCUT2D eigenvalue weighted by molar-refractivity contribution is -0.137. The molecule has 1 N–H and O–H groups in total. The summed E-state index contributed by atoms with van der Waals surface area (Å²) in [5, 5.41) is 11.2. The van der Waals surface area contributed by atoms with Crippen LogP contribution in [0.2, 0.25) is 0 Å². The molecule has 0 amide bonds. The molecule has 0 fully saturated rings. The van der Waals surface area contributed by atoms with Crippen molar-refractivity contribution < 1.29 is 29.0 Å². The molecule has 0 spiro atoms. The second kappa shape index (κ2) is 8.13. The Morgan fingerprint density at radius 3 is 2.12 bits per heavy atom. The summed E-state index contributed by atoms with van der Waals surface area (Å²) in [5.41, 5.74) is -0.903. The molecule has 0 saturated heterocycles. The zero-order valence-electron chi connectivity index (χ0n) is 18.5. The fourth-order valence-corrected chi connectivity index (χ4v) is 4.49. The Kier molecular flexibility index (Phi) is 5.46. The number of ketones is 3. The summed E-state index contributed by atoms with van der Waals surface area (Å²) in [7, 11) is 1.14. The minimum atomic E-state index is -1.93.